The number of alkyl halides is 1. The Kier molecular flexibility index (Phi) is 8.45. The summed E-state index contributed by atoms with van der Waals surface area (Å²) >= 11 is 3.23. The second-order valence-electron chi connectivity index (χ2n) is 3.04. The molecule has 0 aliphatic carbocycles. The van der Waals surface area contributed by atoms with Gasteiger partial charge in [0, 0.05) is 32.0 Å². The molecule has 1 amide bonds. The van der Waals surface area contributed by atoms with Gasteiger partial charge in [0.05, 0.1) is 0 Å². The standard InChI is InChI=1S/C9H18BrNO2/c1-11(9(13)5-6-10)7-3-2-4-8-12/h12H,2-8H2,1H3. The van der Waals surface area contributed by atoms with Crippen molar-refractivity contribution in [3.63, 3.8) is 0 Å². The van der Waals surface area contributed by atoms with Crippen molar-refractivity contribution >= 4 is 21.8 Å². The fraction of sp³-hybridized carbons (Fsp3) is 0.889. The smallest absolute Gasteiger partial charge is 0.223 e. The normalized spacial score (nSPS) is 10.1. The third kappa shape index (κ3) is 7.02. The minimum absolute atomic E-state index is 0.181. The molecule has 0 bridgehead atoms. The fourth-order valence-corrected chi connectivity index (χ4v) is 1.37. The maximum atomic E-state index is 11.3. The molecule has 0 aromatic rings. The summed E-state index contributed by atoms with van der Waals surface area (Å²) in [5.41, 5.74) is 0. The summed E-state index contributed by atoms with van der Waals surface area (Å²) in [5, 5.41) is 9.27. The van der Waals surface area contributed by atoms with Gasteiger partial charge in [0.2, 0.25) is 5.91 Å². The first-order valence-electron chi connectivity index (χ1n) is 4.63. The molecule has 0 aliphatic rings. The summed E-state index contributed by atoms with van der Waals surface area (Å²) in [6.07, 6.45) is 3.37. The number of nitrogens with zero attached hydrogens (tertiary/aromatic N) is 1. The van der Waals surface area contributed by atoms with Crippen LogP contribution in [0.25, 0.3) is 0 Å². The van der Waals surface area contributed by atoms with E-state index in [9.17, 15) is 4.79 Å². The molecular formula is C9H18BrNO2. The molecule has 0 saturated heterocycles. The molecule has 0 fully saturated rings. The zero-order valence-electron chi connectivity index (χ0n) is 8.13. The van der Waals surface area contributed by atoms with E-state index in [4.69, 9.17) is 5.11 Å². The predicted molar refractivity (Wildman–Crippen MR) is 57.0 cm³/mol. The number of aliphatic hydroxyl groups is 1. The molecule has 0 aromatic heterocycles. The Morgan fingerprint density at radius 3 is 2.62 bits per heavy atom. The van der Waals surface area contributed by atoms with Crippen LogP contribution in [0.15, 0.2) is 0 Å². The van der Waals surface area contributed by atoms with E-state index in [1.807, 2.05) is 7.05 Å². The van der Waals surface area contributed by atoms with E-state index in [1.54, 1.807) is 4.90 Å². The van der Waals surface area contributed by atoms with Crippen LogP contribution in [0.3, 0.4) is 0 Å². The average Bonchev–Trinajstić information content (AvgIpc) is 2.12. The zero-order chi connectivity index (χ0) is 10.1. The van der Waals surface area contributed by atoms with Crippen molar-refractivity contribution in [3.8, 4) is 0 Å². The van der Waals surface area contributed by atoms with Gasteiger partial charge in [-0.3, -0.25) is 4.79 Å². The first-order chi connectivity index (χ1) is 6.22. The van der Waals surface area contributed by atoms with E-state index in [1.165, 1.54) is 0 Å². The molecule has 3 nitrogen and oxygen atoms in total. The first kappa shape index (κ1) is 12.9. The zero-order valence-corrected chi connectivity index (χ0v) is 9.72. The maximum absolute atomic E-state index is 11.3. The van der Waals surface area contributed by atoms with E-state index in [0.29, 0.717) is 6.42 Å². The topological polar surface area (TPSA) is 40.5 Å². The minimum atomic E-state index is 0.181. The molecule has 4 heteroatoms. The van der Waals surface area contributed by atoms with Crippen molar-refractivity contribution in [2.24, 2.45) is 0 Å². The van der Waals surface area contributed by atoms with Gasteiger partial charge in [0.25, 0.3) is 0 Å². The average molecular weight is 252 g/mol. The lowest BCUT2D eigenvalue weighted by Crippen LogP contribution is -2.27. The van der Waals surface area contributed by atoms with Gasteiger partial charge in [-0.25, -0.2) is 0 Å². The van der Waals surface area contributed by atoms with Crippen molar-refractivity contribution in [3.05, 3.63) is 0 Å². The quantitative estimate of drug-likeness (QED) is 0.549. The van der Waals surface area contributed by atoms with Crippen molar-refractivity contribution in [1.82, 2.24) is 4.90 Å². The van der Waals surface area contributed by atoms with E-state index >= 15 is 0 Å². The molecule has 78 valence electrons. The van der Waals surface area contributed by atoms with E-state index < -0.39 is 0 Å². The van der Waals surface area contributed by atoms with Gasteiger partial charge in [-0.05, 0) is 19.3 Å². The molecule has 0 heterocycles. The highest BCUT2D eigenvalue weighted by Crippen LogP contribution is 1.99. The Hall–Kier alpha value is -0.0900. The highest BCUT2D eigenvalue weighted by Gasteiger charge is 2.05. The Bertz CT molecular complexity index is 142. The minimum Gasteiger partial charge on any atom is -0.396 e. The van der Waals surface area contributed by atoms with Crippen LogP contribution < -0.4 is 0 Å². The Labute approximate surface area is 88.2 Å². The summed E-state index contributed by atoms with van der Waals surface area (Å²) in [6, 6.07) is 0. The lowest BCUT2D eigenvalue weighted by Gasteiger charge is -2.16. The Morgan fingerprint density at radius 2 is 2.08 bits per heavy atom. The van der Waals surface area contributed by atoms with Crippen LogP contribution in [-0.4, -0.2) is 41.4 Å². The first-order valence-corrected chi connectivity index (χ1v) is 5.75. The third-order valence-corrected chi connectivity index (χ3v) is 2.28. The highest BCUT2D eigenvalue weighted by molar-refractivity contribution is 9.09. The monoisotopic (exact) mass is 251 g/mol. The summed E-state index contributed by atoms with van der Waals surface area (Å²) in [6.45, 7) is 1.05. The van der Waals surface area contributed by atoms with Gasteiger partial charge in [0.1, 0.15) is 0 Å². The SMILES string of the molecule is CN(CCCCCO)C(=O)CCBr. The lowest BCUT2D eigenvalue weighted by molar-refractivity contribution is -0.129. The molecule has 0 radical (unpaired) electrons. The highest BCUT2D eigenvalue weighted by atomic mass is 79.9. The predicted octanol–water partition coefficient (Wildman–Crippen LogP) is 1.39. The van der Waals surface area contributed by atoms with E-state index in [-0.39, 0.29) is 12.5 Å². The molecule has 0 atom stereocenters. The van der Waals surface area contributed by atoms with Gasteiger partial charge in [-0.15, -0.1) is 0 Å². The second-order valence-corrected chi connectivity index (χ2v) is 3.83. The molecule has 1 N–H and O–H groups in total. The number of rotatable bonds is 7. The van der Waals surface area contributed by atoms with Gasteiger partial charge < -0.3 is 10.0 Å². The van der Waals surface area contributed by atoms with Crippen molar-refractivity contribution in [2.75, 3.05) is 25.5 Å². The molecule has 0 rings (SSSR count). The number of carbonyl (C=O) groups is 1. The second kappa shape index (κ2) is 8.51. The van der Waals surface area contributed by atoms with Crippen molar-refractivity contribution in [2.45, 2.75) is 25.7 Å². The van der Waals surface area contributed by atoms with Crippen LogP contribution in [0.5, 0.6) is 0 Å². The summed E-state index contributed by atoms with van der Waals surface area (Å²) in [7, 11) is 1.82. The molecule has 0 aliphatic heterocycles. The molecule has 0 unspecified atom stereocenters. The Balaban J connectivity index is 3.38. The maximum Gasteiger partial charge on any atom is 0.223 e. The summed E-state index contributed by atoms with van der Waals surface area (Å²) < 4.78 is 0. The van der Waals surface area contributed by atoms with Gasteiger partial charge >= 0.3 is 0 Å². The van der Waals surface area contributed by atoms with Gasteiger partial charge in [-0.2, -0.15) is 0 Å². The number of amides is 1. The molecule has 0 saturated carbocycles. The number of halogens is 1. The van der Waals surface area contributed by atoms with Crippen LogP contribution in [-0.2, 0) is 4.79 Å². The number of aliphatic hydroxyl groups excluding tert-OH is 1. The van der Waals surface area contributed by atoms with Crippen LogP contribution in [0.1, 0.15) is 25.7 Å². The van der Waals surface area contributed by atoms with E-state index in [2.05, 4.69) is 15.9 Å². The van der Waals surface area contributed by atoms with Crippen LogP contribution in [0.4, 0.5) is 0 Å². The number of carbonyl (C=O) groups excluding carboxylic acids is 1. The van der Waals surface area contributed by atoms with Crippen LogP contribution >= 0.6 is 15.9 Å². The molecule has 13 heavy (non-hydrogen) atoms. The summed E-state index contributed by atoms with van der Waals surface area (Å²) in [5.74, 6) is 0.181. The van der Waals surface area contributed by atoms with Crippen molar-refractivity contribution in [1.29, 1.82) is 0 Å². The Morgan fingerprint density at radius 1 is 1.38 bits per heavy atom. The number of hydrogen-bond donors (Lipinski definition) is 1. The fourth-order valence-electron chi connectivity index (χ4n) is 1.03. The molecular weight excluding hydrogens is 234 g/mol. The van der Waals surface area contributed by atoms with Gasteiger partial charge in [0.15, 0.2) is 0 Å². The number of unbranched alkanes of at least 4 members (excludes halogenated alkanes) is 2. The van der Waals surface area contributed by atoms with Gasteiger partial charge in [-0.1, -0.05) is 15.9 Å². The number of hydrogen-bond acceptors (Lipinski definition) is 2. The van der Waals surface area contributed by atoms with Crippen molar-refractivity contribution < 1.29 is 9.90 Å². The molecule has 0 aromatic carbocycles. The van der Waals surface area contributed by atoms with E-state index in [0.717, 1.165) is 31.1 Å². The lowest BCUT2D eigenvalue weighted by atomic mass is 10.2. The third-order valence-electron chi connectivity index (χ3n) is 1.89. The largest absolute Gasteiger partial charge is 0.396 e. The van der Waals surface area contributed by atoms with Crippen LogP contribution in [0.2, 0.25) is 0 Å². The summed E-state index contributed by atoms with van der Waals surface area (Å²) in [4.78, 5) is 13.0. The van der Waals surface area contributed by atoms with Crippen LogP contribution in [0, 0.1) is 0 Å². The molecule has 0 spiro atoms.